The van der Waals surface area contributed by atoms with Crippen molar-refractivity contribution in [2.24, 2.45) is 0 Å². The minimum Gasteiger partial charge on any atom is -0.355 e. The molecule has 2 heterocycles. The van der Waals surface area contributed by atoms with E-state index in [0.29, 0.717) is 24.7 Å². The van der Waals surface area contributed by atoms with Crippen LogP contribution < -0.4 is 4.90 Å². The number of hydrogen-bond acceptors (Lipinski definition) is 4. The van der Waals surface area contributed by atoms with Crippen LogP contribution in [0.15, 0.2) is 30.3 Å². The third-order valence-corrected chi connectivity index (χ3v) is 5.42. The molecule has 0 saturated carbocycles. The molecular formula is C15H18ClN3O2S. The molecule has 1 aromatic carbocycles. The van der Waals surface area contributed by atoms with Gasteiger partial charge in [0.25, 0.3) is 0 Å². The number of halogens is 1. The van der Waals surface area contributed by atoms with E-state index in [1.165, 1.54) is 10.6 Å². The predicted octanol–water partition coefficient (Wildman–Crippen LogP) is 2.36. The van der Waals surface area contributed by atoms with Crippen LogP contribution in [-0.4, -0.2) is 50.1 Å². The van der Waals surface area contributed by atoms with Crippen LogP contribution in [0.25, 0.3) is 10.9 Å². The zero-order valence-electron chi connectivity index (χ0n) is 12.4. The Labute approximate surface area is 135 Å². The van der Waals surface area contributed by atoms with Crippen molar-refractivity contribution in [3.8, 4) is 0 Å². The van der Waals surface area contributed by atoms with E-state index in [1.807, 2.05) is 30.3 Å². The zero-order chi connectivity index (χ0) is 15.7. The standard InChI is InChI=1S/C15H18ClN3O2S/c1-22(20,21)19-8-2-7-18(9-10-19)15-6-3-12-11-13(16)4-5-14(12)17-15/h3-6,11H,2,7-10H2,1H3. The Bertz CT molecular complexity index is 794. The summed E-state index contributed by atoms with van der Waals surface area (Å²) < 4.78 is 24.9. The lowest BCUT2D eigenvalue weighted by molar-refractivity contribution is 0.437. The fraction of sp³-hybridized carbons (Fsp3) is 0.400. The molecule has 1 aliphatic rings. The minimum absolute atomic E-state index is 0.499. The summed E-state index contributed by atoms with van der Waals surface area (Å²) in [6.45, 7) is 2.52. The Morgan fingerprint density at radius 1 is 1.09 bits per heavy atom. The van der Waals surface area contributed by atoms with E-state index < -0.39 is 10.0 Å². The highest BCUT2D eigenvalue weighted by molar-refractivity contribution is 7.88. The first-order chi connectivity index (χ1) is 10.4. The lowest BCUT2D eigenvalue weighted by Crippen LogP contribution is -2.34. The van der Waals surface area contributed by atoms with Gasteiger partial charge in [0.15, 0.2) is 0 Å². The first kappa shape index (κ1) is 15.5. The maximum atomic E-state index is 11.7. The molecule has 1 fully saturated rings. The second-order valence-corrected chi connectivity index (χ2v) is 7.93. The summed E-state index contributed by atoms with van der Waals surface area (Å²) in [7, 11) is -3.12. The minimum atomic E-state index is -3.12. The summed E-state index contributed by atoms with van der Waals surface area (Å²) in [6, 6.07) is 9.59. The number of aromatic nitrogens is 1. The van der Waals surface area contributed by atoms with Crippen LogP contribution in [0.2, 0.25) is 5.02 Å². The van der Waals surface area contributed by atoms with E-state index in [-0.39, 0.29) is 0 Å². The monoisotopic (exact) mass is 339 g/mol. The summed E-state index contributed by atoms with van der Waals surface area (Å²) in [5.41, 5.74) is 0.895. The summed E-state index contributed by atoms with van der Waals surface area (Å²) in [5.74, 6) is 0.880. The lowest BCUT2D eigenvalue weighted by atomic mass is 10.2. The molecule has 0 aliphatic carbocycles. The predicted molar refractivity (Wildman–Crippen MR) is 90.0 cm³/mol. The highest BCUT2D eigenvalue weighted by Gasteiger charge is 2.21. The topological polar surface area (TPSA) is 53.5 Å². The maximum Gasteiger partial charge on any atom is 0.211 e. The van der Waals surface area contributed by atoms with Gasteiger partial charge in [-0.2, -0.15) is 0 Å². The van der Waals surface area contributed by atoms with E-state index in [9.17, 15) is 8.42 Å². The van der Waals surface area contributed by atoms with Crippen molar-refractivity contribution >= 4 is 38.3 Å². The van der Waals surface area contributed by atoms with Crippen molar-refractivity contribution in [2.45, 2.75) is 6.42 Å². The van der Waals surface area contributed by atoms with Gasteiger partial charge in [-0.25, -0.2) is 17.7 Å². The molecule has 0 unspecified atom stereocenters. The SMILES string of the molecule is CS(=O)(=O)N1CCCN(c2ccc3cc(Cl)ccc3n2)CC1. The molecule has 3 rings (SSSR count). The van der Waals surface area contributed by atoms with E-state index in [4.69, 9.17) is 11.6 Å². The molecule has 5 nitrogen and oxygen atoms in total. The Morgan fingerprint density at radius 2 is 1.91 bits per heavy atom. The molecule has 22 heavy (non-hydrogen) atoms. The average Bonchev–Trinajstić information content (AvgIpc) is 2.72. The van der Waals surface area contributed by atoms with Gasteiger partial charge >= 0.3 is 0 Å². The van der Waals surface area contributed by atoms with Gasteiger partial charge in [0.2, 0.25) is 10.0 Å². The van der Waals surface area contributed by atoms with Crippen molar-refractivity contribution in [3.63, 3.8) is 0 Å². The van der Waals surface area contributed by atoms with Crippen molar-refractivity contribution in [3.05, 3.63) is 35.4 Å². The Hall–Kier alpha value is -1.37. The molecule has 118 valence electrons. The Morgan fingerprint density at radius 3 is 2.68 bits per heavy atom. The molecule has 0 radical (unpaired) electrons. The molecule has 0 bridgehead atoms. The number of sulfonamides is 1. The Balaban J connectivity index is 1.83. The van der Waals surface area contributed by atoms with Crippen LogP contribution in [0.3, 0.4) is 0 Å². The van der Waals surface area contributed by atoms with Gasteiger partial charge in [-0.05, 0) is 36.8 Å². The molecule has 1 aromatic heterocycles. The smallest absolute Gasteiger partial charge is 0.211 e. The molecule has 7 heteroatoms. The molecule has 0 atom stereocenters. The number of nitrogens with zero attached hydrogens (tertiary/aromatic N) is 3. The van der Waals surface area contributed by atoms with Crippen molar-refractivity contribution in [1.29, 1.82) is 0 Å². The van der Waals surface area contributed by atoms with Gasteiger partial charge in [-0.15, -0.1) is 0 Å². The summed E-state index contributed by atoms with van der Waals surface area (Å²) in [6.07, 6.45) is 2.06. The number of anilines is 1. The number of rotatable bonds is 2. The second-order valence-electron chi connectivity index (χ2n) is 5.51. The summed E-state index contributed by atoms with van der Waals surface area (Å²) in [4.78, 5) is 6.81. The second kappa shape index (κ2) is 6.02. The van der Waals surface area contributed by atoms with Crippen molar-refractivity contribution < 1.29 is 8.42 Å². The van der Waals surface area contributed by atoms with Crippen LogP contribution in [-0.2, 0) is 10.0 Å². The largest absolute Gasteiger partial charge is 0.355 e. The summed E-state index contributed by atoms with van der Waals surface area (Å²) in [5, 5.41) is 1.70. The van der Waals surface area contributed by atoms with Crippen LogP contribution in [0.5, 0.6) is 0 Å². The maximum absolute atomic E-state index is 11.7. The highest BCUT2D eigenvalue weighted by atomic mass is 35.5. The number of benzene rings is 1. The molecule has 2 aromatic rings. The zero-order valence-corrected chi connectivity index (χ0v) is 13.9. The van der Waals surface area contributed by atoms with Crippen LogP contribution in [0, 0.1) is 0 Å². The van der Waals surface area contributed by atoms with Crippen LogP contribution in [0.4, 0.5) is 5.82 Å². The van der Waals surface area contributed by atoms with E-state index in [2.05, 4.69) is 9.88 Å². The molecule has 1 aliphatic heterocycles. The fourth-order valence-corrected chi connectivity index (χ4v) is 3.77. The number of fused-ring (bicyclic) bond motifs is 1. The van der Waals surface area contributed by atoms with E-state index in [1.54, 1.807) is 0 Å². The van der Waals surface area contributed by atoms with Gasteiger partial charge in [0, 0.05) is 36.6 Å². The van der Waals surface area contributed by atoms with Crippen LogP contribution in [0.1, 0.15) is 6.42 Å². The number of pyridine rings is 1. The van der Waals surface area contributed by atoms with Crippen molar-refractivity contribution in [1.82, 2.24) is 9.29 Å². The van der Waals surface area contributed by atoms with Gasteiger partial charge in [-0.1, -0.05) is 11.6 Å². The normalized spacial score (nSPS) is 17.6. The lowest BCUT2D eigenvalue weighted by Gasteiger charge is -2.22. The molecule has 0 N–H and O–H groups in total. The number of hydrogen-bond donors (Lipinski definition) is 0. The third-order valence-electron chi connectivity index (χ3n) is 3.88. The summed E-state index contributed by atoms with van der Waals surface area (Å²) >= 11 is 5.99. The fourth-order valence-electron chi connectivity index (χ4n) is 2.72. The van der Waals surface area contributed by atoms with Crippen LogP contribution >= 0.6 is 11.6 Å². The van der Waals surface area contributed by atoms with Gasteiger partial charge < -0.3 is 4.90 Å². The van der Waals surface area contributed by atoms with E-state index in [0.717, 1.165) is 29.7 Å². The molecule has 0 spiro atoms. The highest BCUT2D eigenvalue weighted by Crippen LogP contribution is 2.22. The molecular weight excluding hydrogens is 322 g/mol. The first-order valence-corrected chi connectivity index (χ1v) is 9.42. The van der Waals surface area contributed by atoms with Crippen molar-refractivity contribution in [2.75, 3.05) is 37.3 Å². The third kappa shape index (κ3) is 3.34. The average molecular weight is 340 g/mol. The van der Waals surface area contributed by atoms with Gasteiger partial charge in [-0.3, -0.25) is 0 Å². The first-order valence-electron chi connectivity index (χ1n) is 7.20. The van der Waals surface area contributed by atoms with E-state index >= 15 is 0 Å². The molecule has 0 amide bonds. The Kier molecular flexibility index (Phi) is 4.25. The van der Waals surface area contributed by atoms with Gasteiger partial charge in [0.05, 0.1) is 11.8 Å². The quantitative estimate of drug-likeness (QED) is 0.843. The van der Waals surface area contributed by atoms with Gasteiger partial charge in [0.1, 0.15) is 5.82 Å². The molecule has 1 saturated heterocycles.